The van der Waals surface area contributed by atoms with Gasteiger partial charge in [0, 0.05) is 12.6 Å². The molecule has 1 heterocycles. The summed E-state index contributed by atoms with van der Waals surface area (Å²) in [6, 6.07) is 10.2. The highest BCUT2D eigenvalue weighted by molar-refractivity contribution is 5.68. The lowest BCUT2D eigenvalue weighted by atomic mass is 10.0. The minimum atomic E-state index is 0.617. The molecule has 0 amide bonds. The standard InChI is InChI=1S/C13H13N3/c1-9-6-4-5-7-11(9)13-12(8-14)16(3)10(2)15-13/h4-7H,1-3H3. The Bertz CT molecular complexity index is 573. The number of aromatic nitrogens is 2. The van der Waals surface area contributed by atoms with Crippen LogP contribution >= 0.6 is 0 Å². The molecule has 0 saturated carbocycles. The zero-order valence-corrected chi connectivity index (χ0v) is 9.65. The fourth-order valence-electron chi connectivity index (χ4n) is 1.76. The number of hydrogen-bond donors (Lipinski definition) is 0. The van der Waals surface area contributed by atoms with Crippen molar-refractivity contribution >= 4 is 0 Å². The normalized spacial score (nSPS) is 10.1. The Balaban J connectivity index is 2.71. The number of imidazole rings is 1. The van der Waals surface area contributed by atoms with Crippen molar-refractivity contribution in [2.75, 3.05) is 0 Å². The van der Waals surface area contributed by atoms with E-state index in [9.17, 15) is 0 Å². The Kier molecular flexibility index (Phi) is 2.49. The lowest BCUT2D eigenvalue weighted by Crippen LogP contribution is -1.94. The zero-order valence-electron chi connectivity index (χ0n) is 9.65. The predicted octanol–water partition coefficient (Wildman–Crippen LogP) is 2.58. The molecule has 0 aliphatic carbocycles. The van der Waals surface area contributed by atoms with E-state index in [0.29, 0.717) is 5.69 Å². The van der Waals surface area contributed by atoms with Gasteiger partial charge in [0.15, 0.2) is 0 Å². The molecule has 1 aromatic carbocycles. The Labute approximate surface area is 95.0 Å². The third-order valence-electron chi connectivity index (χ3n) is 2.82. The Morgan fingerprint density at radius 1 is 1.25 bits per heavy atom. The summed E-state index contributed by atoms with van der Waals surface area (Å²) in [4.78, 5) is 4.45. The van der Waals surface area contributed by atoms with E-state index in [4.69, 9.17) is 5.26 Å². The number of benzene rings is 1. The summed E-state index contributed by atoms with van der Waals surface area (Å²) in [5.41, 5.74) is 3.56. The first-order valence-corrected chi connectivity index (χ1v) is 5.14. The van der Waals surface area contributed by atoms with Gasteiger partial charge in [0.2, 0.25) is 0 Å². The van der Waals surface area contributed by atoms with Gasteiger partial charge in [-0.3, -0.25) is 0 Å². The molecule has 0 aliphatic heterocycles. The van der Waals surface area contributed by atoms with Crippen molar-refractivity contribution in [1.29, 1.82) is 5.26 Å². The van der Waals surface area contributed by atoms with Gasteiger partial charge >= 0.3 is 0 Å². The molecule has 0 N–H and O–H groups in total. The van der Waals surface area contributed by atoms with Crippen LogP contribution < -0.4 is 0 Å². The van der Waals surface area contributed by atoms with Crippen LogP contribution in [0.4, 0.5) is 0 Å². The van der Waals surface area contributed by atoms with Gasteiger partial charge in [-0.15, -0.1) is 0 Å². The Morgan fingerprint density at radius 3 is 2.56 bits per heavy atom. The highest BCUT2D eigenvalue weighted by atomic mass is 15.1. The molecular formula is C13H13N3. The van der Waals surface area contributed by atoms with Crippen LogP contribution in [-0.2, 0) is 7.05 Å². The highest BCUT2D eigenvalue weighted by Crippen LogP contribution is 2.25. The number of aryl methyl sites for hydroxylation is 2. The molecule has 0 atom stereocenters. The average molecular weight is 211 g/mol. The second kappa shape index (κ2) is 3.82. The lowest BCUT2D eigenvalue weighted by Gasteiger charge is -2.02. The molecule has 0 fully saturated rings. The van der Waals surface area contributed by atoms with Gasteiger partial charge in [0.05, 0.1) is 0 Å². The largest absolute Gasteiger partial charge is 0.323 e. The van der Waals surface area contributed by atoms with Crippen molar-refractivity contribution in [3.05, 3.63) is 41.3 Å². The van der Waals surface area contributed by atoms with Crippen LogP contribution in [0.15, 0.2) is 24.3 Å². The molecule has 2 rings (SSSR count). The monoisotopic (exact) mass is 211 g/mol. The van der Waals surface area contributed by atoms with Crippen molar-refractivity contribution in [3.63, 3.8) is 0 Å². The first kappa shape index (κ1) is 10.4. The summed E-state index contributed by atoms with van der Waals surface area (Å²) in [5.74, 6) is 0.856. The maximum Gasteiger partial charge on any atom is 0.147 e. The maximum atomic E-state index is 9.15. The molecule has 16 heavy (non-hydrogen) atoms. The summed E-state index contributed by atoms with van der Waals surface area (Å²) >= 11 is 0. The van der Waals surface area contributed by atoms with Crippen LogP contribution in [0.2, 0.25) is 0 Å². The first-order valence-electron chi connectivity index (χ1n) is 5.14. The van der Waals surface area contributed by atoms with Crippen molar-refractivity contribution < 1.29 is 0 Å². The zero-order chi connectivity index (χ0) is 11.7. The molecule has 3 nitrogen and oxygen atoms in total. The van der Waals surface area contributed by atoms with Crippen LogP contribution in [0, 0.1) is 25.2 Å². The van der Waals surface area contributed by atoms with Gasteiger partial charge in [-0.1, -0.05) is 24.3 Å². The summed E-state index contributed by atoms with van der Waals surface area (Å²) < 4.78 is 1.82. The van der Waals surface area contributed by atoms with Crippen LogP contribution in [0.3, 0.4) is 0 Å². The molecule has 0 spiro atoms. The van der Waals surface area contributed by atoms with E-state index in [1.165, 1.54) is 0 Å². The van der Waals surface area contributed by atoms with E-state index in [2.05, 4.69) is 11.1 Å². The molecular weight excluding hydrogens is 198 g/mol. The number of rotatable bonds is 1. The highest BCUT2D eigenvalue weighted by Gasteiger charge is 2.14. The topological polar surface area (TPSA) is 41.6 Å². The van der Waals surface area contributed by atoms with Gasteiger partial charge < -0.3 is 4.57 Å². The number of nitrogens with zero attached hydrogens (tertiary/aromatic N) is 3. The van der Waals surface area contributed by atoms with Crippen LogP contribution in [0.1, 0.15) is 17.1 Å². The summed E-state index contributed by atoms with van der Waals surface area (Å²) in [7, 11) is 1.86. The summed E-state index contributed by atoms with van der Waals surface area (Å²) in [5, 5.41) is 9.15. The van der Waals surface area contributed by atoms with Gasteiger partial charge in [0.1, 0.15) is 23.3 Å². The quantitative estimate of drug-likeness (QED) is 0.727. The number of nitriles is 1. The van der Waals surface area contributed by atoms with Gasteiger partial charge in [0.25, 0.3) is 0 Å². The van der Waals surface area contributed by atoms with E-state index >= 15 is 0 Å². The molecule has 3 heteroatoms. The van der Waals surface area contributed by atoms with Crippen LogP contribution in [0.25, 0.3) is 11.3 Å². The predicted molar refractivity (Wildman–Crippen MR) is 62.8 cm³/mol. The van der Waals surface area contributed by atoms with E-state index in [1.807, 2.05) is 49.7 Å². The van der Waals surface area contributed by atoms with E-state index in [-0.39, 0.29) is 0 Å². The van der Waals surface area contributed by atoms with Gasteiger partial charge in [-0.25, -0.2) is 4.98 Å². The van der Waals surface area contributed by atoms with Crippen molar-refractivity contribution in [1.82, 2.24) is 9.55 Å². The van der Waals surface area contributed by atoms with Crippen LogP contribution in [-0.4, -0.2) is 9.55 Å². The molecule has 0 radical (unpaired) electrons. The minimum Gasteiger partial charge on any atom is -0.323 e. The second-order valence-corrected chi connectivity index (χ2v) is 3.84. The smallest absolute Gasteiger partial charge is 0.147 e. The van der Waals surface area contributed by atoms with E-state index < -0.39 is 0 Å². The molecule has 0 bridgehead atoms. The summed E-state index contributed by atoms with van der Waals surface area (Å²) in [6.45, 7) is 3.93. The molecule has 0 saturated heterocycles. The fraction of sp³-hybridized carbons (Fsp3) is 0.231. The minimum absolute atomic E-state index is 0.617. The van der Waals surface area contributed by atoms with Crippen molar-refractivity contribution in [3.8, 4) is 17.3 Å². The second-order valence-electron chi connectivity index (χ2n) is 3.84. The maximum absolute atomic E-state index is 9.15. The SMILES string of the molecule is Cc1ccccc1-c1nc(C)n(C)c1C#N. The van der Waals surface area contributed by atoms with Crippen LogP contribution in [0.5, 0.6) is 0 Å². The van der Waals surface area contributed by atoms with Gasteiger partial charge in [-0.2, -0.15) is 5.26 Å². The molecule has 80 valence electrons. The summed E-state index contributed by atoms with van der Waals surface area (Å²) in [6.07, 6.45) is 0. The lowest BCUT2D eigenvalue weighted by molar-refractivity contribution is 0.845. The van der Waals surface area contributed by atoms with Gasteiger partial charge in [-0.05, 0) is 19.4 Å². The Hall–Kier alpha value is -2.08. The molecule has 0 aliphatic rings. The van der Waals surface area contributed by atoms with E-state index in [0.717, 1.165) is 22.6 Å². The third kappa shape index (κ3) is 1.49. The third-order valence-corrected chi connectivity index (χ3v) is 2.82. The average Bonchev–Trinajstić information content (AvgIpc) is 2.56. The first-order chi connectivity index (χ1) is 7.65. The number of hydrogen-bond acceptors (Lipinski definition) is 2. The Morgan fingerprint density at radius 2 is 1.94 bits per heavy atom. The van der Waals surface area contributed by atoms with Crippen molar-refractivity contribution in [2.24, 2.45) is 7.05 Å². The molecule has 1 aromatic heterocycles. The fourth-order valence-corrected chi connectivity index (χ4v) is 1.76. The van der Waals surface area contributed by atoms with E-state index in [1.54, 1.807) is 0 Å². The molecule has 2 aromatic rings. The molecule has 0 unspecified atom stereocenters. The van der Waals surface area contributed by atoms with Crippen molar-refractivity contribution in [2.45, 2.75) is 13.8 Å².